The summed E-state index contributed by atoms with van der Waals surface area (Å²) in [4.78, 5) is 23.7. The first-order valence-corrected chi connectivity index (χ1v) is 9.85. The number of anilines is 1. The molecule has 2 aromatic carbocycles. The van der Waals surface area contributed by atoms with Crippen LogP contribution in [0.2, 0.25) is 5.02 Å². The lowest BCUT2D eigenvalue weighted by molar-refractivity contribution is 0.0607. The second-order valence-corrected chi connectivity index (χ2v) is 7.49. The van der Waals surface area contributed by atoms with Crippen LogP contribution < -0.4 is 5.73 Å². The van der Waals surface area contributed by atoms with Gasteiger partial charge >= 0.3 is 0 Å². The van der Waals surface area contributed by atoms with Gasteiger partial charge in [0.05, 0.1) is 11.7 Å². The number of amides is 1. The number of benzene rings is 2. The quantitative estimate of drug-likeness (QED) is 0.667. The molecule has 1 aromatic heterocycles. The first kappa shape index (κ1) is 19.3. The molecule has 0 aliphatic carbocycles. The predicted molar refractivity (Wildman–Crippen MR) is 111 cm³/mol. The lowest BCUT2D eigenvalue weighted by Crippen LogP contribution is -2.39. The number of halogens is 2. The molecule has 1 fully saturated rings. The number of nitrogens with two attached hydrogens (primary N) is 1. The van der Waals surface area contributed by atoms with Crippen molar-refractivity contribution in [3.8, 4) is 11.1 Å². The molecule has 3 aromatic rings. The highest BCUT2D eigenvalue weighted by molar-refractivity contribution is 6.30. The number of hydrogen-bond donors (Lipinski definition) is 1. The maximum Gasteiger partial charge on any atom is 0.254 e. The van der Waals surface area contributed by atoms with Crippen LogP contribution in [-0.2, 0) is 0 Å². The Morgan fingerprint density at radius 1 is 1.10 bits per heavy atom. The zero-order valence-electron chi connectivity index (χ0n) is 15.7. The Bertz CT molecular complexity index is 1020. The minimum absolute atomic E-state index is 0.145. The lowest BCUT2D eigenvalue weighted by atomic mass is 9.93. The van der Waals surface area contributed by atoms with Gasteiger partial charge in [0.15, 0.2) is 0 Å². The van der Waals surface area contributed by atoms with Gasteiger partial charge in [-0.25, -0.2) is 14.4 Å². The fourth-order valence-corrected chi connectivity index (χ4v) is 3.86. The second kappa shape index (κ2) is 8.17. The van der Waals surface area contributed by atoms with Crippen molar-refractivity contribution < 1.29 is 9.18 Å². The van der Waals surface area contributed by atoms with Gasteiger partial charge in [-0.3, -0.25) is 4.79 Å². The molecule has 0 saturated carbocycles. The van der Waals surface area contributed by atoms with Crippen LogP contribution >= 0.6 is 11.6 Å². The summed E-state index contributed by atoms with van der Waals surface area (Å²) in [6.07, 6.45) is 4.34. The van der Waals surface area contributed by atoms with E-state index < -0.39 is 0 Å². The van der Waals surface area contributed by atoms with Crippen molar-refractivity contribution in [1.82, 2.24) is 14.9 Å². The molecule has 7 heteroatoms. The topological polar surface area (TPSA) is 72.1 Å². The van der Waals surface area contributed by atoms with E-state index in [4.69, 9.17) is 17.3 Å². The number of piperidine rings is 1. The number of nitrogens with zero attached hydrogens (tertiary/aromatic N) is 3. The van der Waals surface area contributed by atoms with Crippen LogP contribution in [0.25, 0.3) is 11.1 Å². The second-order valence-electron chi connectivity index (χ2n) is 7.05. The molecule has 4 rings (SSSR count). The normalized spacial score (nSPS) is 16.6. The van der Waals surface area contributed by atoms with E-state index in [0.29, 0.717) is 17.1 Å². The molecule has 1 atom stereocenters. The van der Waals surface area contributed by atoms with Crippen LogP contribution in [0, 0.1) is 5.82 Å². The number of aromatic nitrogens is 2. The summed E-state index contributed by atoms with van der Waals surface area (Å²) in [5, 5.41) is 0.637. The van der Waals surface area contributed by atoms with Crippen molar-refractivity contribution in [2.24, 2.45) is 0 Å². The highest BCUT2D eigenvalue weighted by Gasteiger charge is 2.32. The Hall–Kier alpha value is -2.99. The van der Waals surface area contributed by atoms with Crippen molar-refractivity contribution in [3.63, 3.8) is 0 Å². The maximum absolute atomic E-state index is 13.3. The summed E-state index contributed by atoms with van der Waals surface area (Å²) < 4.78 is 13.3. The van der Waals surface area contributed by atoms with Crippen LogP contribution in [0.3, 0.4) is 0 Å². The Morgan fingerprint density at radius 3 is 2.55 bits per heavy atom. The fourth-order valence-electron chi connectivity index (χ4n) is 3.73. The number of rotatable bonds is 3. The van der Waals surface area contributed by atoms with E-state index >= 15 is 0 Å². The molecule has 0 radical (unpaired) electrons. The molecule has 5 nitrogen and oxygen atoms in total. The number of carbonyl (C=O) groups is 1. The van der Waals surface area contributed by atoms with E-state index in [1.54, 1.807) is 23.2 Å². The minimum atomic E-state index is -0.370. The van der Waals surface area contributed by atoms with E-state index in [0.717, 1.165) is 36.1 Å². The molecule has 0 spiro atoms. The van der Waals surface area contributed by atoms with Gasteiger partial charge in [-0.05, 0) is 61.2 Å². The van der Waals surface area contributed by atoms with Gasteiger partial charge in [-0.1, -0.05) is 23.7 Å². The summed E-state index contributed by atoms with van der Waals surface area (Å²) in [6, 6.07) is 12.8. The molecule has 1 saturated heterocycles. The van der Waals surface area contributed by atoms with Gasteiger partial charge in [-0.15, -0.1) is 0 Å². The molecule has 0 bridgehead atoms. The van der Waals surface area contributed by atoms with Gasteiger partial charge in [0.2, 0.25) is 5.95 Å². The Balaban J connectivity index is 1.75. The van der Waals surface area contributed by atoms with Crippen LogP contribution in [0.1, 0.15) is 41.4 Å². The van der Waals surface area contributed by atoms with Crippen molar-refractivity contribution in [3.05, 3.63) is 76.8 Å². The molecule has 148 valence electrons. The molecular formula is C22H20ClFN4O. The summed E-state index contributed by atoms with van der Waals surface area (Å²) >= 11 is 6.03. The Labute approximate surface area is 173 Å². The first-order chi connectivity index (χ1) is 14.0. The summed E-state index contributed by atoms with van der Waals surface area (Å²) in [7, 11) is 0. The fraction of sp³-hybridized carbons (Fsp3) is 0.227. The van der Waals surface area contributed by atoms with E-state index in [-0.39, 0.29) is 23.7 Å². The van der Waals surface area contributed by atoms with Crippen LogP contribution in [0.15, 0.2) is 54.7 Å². The standard InChI is InChI=1S/C22H20ClFN4O/c23-16-8-4-14(5-9-16)18-13-26-22(25)27-20(18)19-3-1-2-12-28(19)21(29)15-6-10-17(24)11-7-15/h4-11,13,19H,1-3,12H2,(H2,25,26,27)/t19-/m0/s1. The van der Waals surface area contributed by atoms with Gasteiger partial charge in [0.25, 0.3) is 5.91 Å². The molecule has 0 unspecified atom stereocenters. The van der Waals surface area contributed by atoms with E-state index in [2.05, 4.69) is 9.97 Å². The van der Waals surface area contributed by atoms with Crippen molar-refractivity contribution in [2.75, 3.05) is 12.3 Å². The predicted octanol–water partition coefficient (Wildman–Crippen LogP) is 4.89. The molecular weight excluding hydrogens is 391 g/mol. The Kier molecular flexibility index (Phi) is 5.45. The summed E-state index contributed by atoms with van der Waals surface area (Å²) in [5.41, 5.74) is 8.79. The van der Waals surface area contributed by atoms with Gasteiger partial charge in [-0.2, -0.15) is 0 Å². The zero-order valence-corrected chi connectivity index (χ0v) is 16.4. The van der Waals surface area contributed by atoms with Gasteiger partial charge in [0, 0.05) is 28.9 Å². The average molecular weight is 411 g/mol. The maximum atomic E-state index is 13.3. The smallest absolute Gasteiger partial charge is 0.254 e. The molecule has 2 N–H and O–H groups in total. The van der Waals surface area contributed by atoms with Crippen molar-refractivity contribution in [1.29, 1.82) is 0 Å². The summed E-state index contributed by atoms with van der Waals surface area (Å²) in [5.74, 6) is -0.350. The lowest BCUT2D eigenvalue weighted by Gasteiger charge is -2.36. The first-order valence-electron chi connectivity index (χ1n) is 9.48. The summed E-state index contributed by atoms with van der Waals surface area (Å²) in [6.45, 7) is 0.602. The molecule has 2 heterocycles. The zero-order chi connectivity index (χ0) is 20.4. The number of carbonyl (C=O) groups excluding carboxylic acids is 1. The number of nitrogen functional groups attached to an aromatic ring is 1. The third-order valence-corrected chi connectivity index (χ3v) is 5.41. The van der Waals surface area contributed by atoms with E-state index in [1.807, 2.05) is 12.1 Å². The molecule has 1 amide bonds. The van der Waals surface area contributed by atoms with Crippen LogP contribution in [0.5, 0.6) is 0 Å². The van der Waals surface area contributed by atoms with Crippen molar-refractivity contribution >= 4 is 23.5 Å². The Morgan fingerprint density at radius 2 is 1.83 bits per heavy atom. The van der Waals surface area contributed by atoms with E-state index in [9.17, 15) is 9.18 Å². The monoisotopic (exact) mass is 410 g/mol. The number of likely N-dealkylation sites (tertiary alicyclic amines) is 1. The molecule has 1 aliphatic heterocycles. The van der Waals surface area contributed by atoms with E-state index in [1.165, 1.54) is 24.3 Å². The van der Waals surface area contributed by atoms with Crippen LogP contribution in [0.4, 0.5) is 10.3 Å². The minimum Gasteiger partial charge on any atom is -0.368 e. The van der Waals surface area contributed by atoms with Gasteiger partial charge in [0.1, 0.15) is 5.82 Å². The average Bonchev–Trinajstić information content (AvgIpc) is 2.74. The van der Waals surface area contributed by atoms with Gasteiger partial charge < -0.3 is 10.6 Å². The van der Waals surface area contributed by atoms with Crippen molar-refractivity contribution in [2.45, 2.75) is 25.3 Å². The number of hydrogen-bond acceptors (Lipinski definition) is 4. The molecule has 29 heavy (non-hydrogen) atoms. The van der Waals surface area contributed by atoms with Crippen LogP contribution in [-0.4, -0.2) is 27.3 Å². The highest BCUT2D eigenvalue weighted by Crippen LogP contribution is 2.37. The third kappa shape index (κ3) is 4.07. The highest BCUT2D eigenvalue weighted by atomic mass is 35.5. The third-order valence-electron chi connectivity index (χ3n) is 5.16. The SMILES string of the molecule is Nc1ncc(-c2ccc(Cl)cc2)c([C@@H]2CCCCN2C(=O)c2ccc(F)cc2)n1. The largest absolute Gasteiger partial charge is 0.368 e. The molecule has 1 aliphatic rings.